The highest BCUT2D eigenvalue weighted by atomic mass is 35.5. The smallest absolute Gasteiger partial charge is 0.270 e. The number of fused-ring (bicyclic) bond motifs is 1. The van der Waals surface area contributed by atoms with Crippen LogP contribution in [0, 0.1) is 11.3 Å². The molecule has 2 aromatic heterocycles. The average molecular weight is 552 g/mol. The number of nitrogens with two attached hydrogens (primary N) is 2. The summed E-state index contributed by atoms with van der Waals surface area (Å²) in [5.41, 5.74) is 15.4. The van der Waals surface area contributed by atoms with Gasteiger partial charge in [0.25, 0.3) is 5.56 Å². The third kappa shape index (κ3) is 4.34. The number of piperidine rings is 1. The number of carbonyl (C=O) groups excluding carboxylic acids is 1. The van der Waals surface area contributed by atoms with Crippen molar-refractivity contribution in [2.75, 3.05) is 29.0 Å². The van der Waals surface area contributed by atoms with Crippen LogP contribution in [0.4, 0.5) is 17.6 Å². The van der Waals surface area contributed by atoms with Gasteiger partial charge in [0.15, 0.2) is 5.82 Å². The third-order valence-electron chi connectivity index (χ3n) is 8.14. The second kappa shape index (κ2) is 9.59. The number of nitrogens with zero attached hydrogens (tertiary/aromatic N) is 4. The summed E-state index contributed by atoms with van der Waals surface area (Å²) in [5.74, 6) is 0.911. The van der Waals surface area contributed by atoms with Gasteiger partial charge in [-0.2, -0.15) is 4.98 Å². The molecule has 11 heteroatoms. The molecule has 2 fully saturated rings. The molecule has 2 aliphatic carbocycles. The molecule has 3 aliphatic rings. The van der Waals surface area contributed by atoms with Gasteiger partial charge in [-0.3, -0.25) is 14.2 Å². The van der Waals surface area contributed by atoms with Crippen LogP contribution in [0.1, 0.15) is 42.9 Å². The first-order valence-corrected chi connectivity index (χ1v) is 14.0. The number of rotatable bonds is 5. The standard InChI is InChI=1S/C27H30ClN7O2S/c1-34-25(37)20(38-18-8-11-31-23(19(18)28)33-24(36)15-6-7-15)22(30)32-26(34)35-12-9-27(10-13-35)14-16-4-2-3-5-17(16)21(27)29/h2-5,8,11,15,21H,6-7,9-10,12-14,29-30H2,1H3,(H,31,33,36). The van der Waals surface area contributed by atoms with Crippen LogP contribution in [-0.2, 0) is 18.3 Å². The number of hydrogen-bond donors (Lipinski definition) is 3. The maximum absolute atomic E-state index is 13.4. The van der Waals surface area contributed by atoms with Gasteiger partial charge < -0.3 is 21.7 Å². The molecule has 9 nitrogen and oxygen atoms in total. The molecule has 1 spiro atoms. The predicted molar refractivity (Wildman–Crippen MR) is 150 cm³/mol. The van der Waals surface area contributed by atoms with Crippen LogP contribution in [0.15, 0.2) is 51.1 Å². The number of pyridine rings is 1. The number of anilines is 3. The first-order valence-electron chi connectivity index (χ1n) is 12.9. The molecule has 3 aromatic rings. The summed E-state index contributed by atoms with van der Waals surface area (Å²) in [5, 5.41) is 3.05. The van der Waals surface area contributed by atoms with Gasteiger partial charge in [0.05, 0.1) is 5.02 Å². The van der Waals surface area contributed by atoms with Crippen LogP contribution >= 0.6 is 23.4 Å². The molecular weight excluding hydrogens is 522 g/mol. The van der Waals surface area contributed by atoms with Crippen molar-refractivity contribution in [1.29, 1.82) is 0 Å². The van der Waals surface area contributed by atoms with Crippen molar-refractivity contribution < 1.29 is 4.79 Å². The summed E-state index contributed by atoms with van der Waals surface area (Å²) in [6.07, 6.45) is 6.11. The maximum Gasteiger partial charge on any atom is 0.270 e. The van der Waals surface area contributed by atoms with E-state index in [0.29, 0.717) is 10.8 Å². The fourth-order valence-corrected chi connectivity index (χ4v) is 6.87. The Kier molecular flexibility index (Phi) is 6.36. The fraction of sp³-hybridized carbons (Fsp3) is 0.407. The molecule has 1 aromatic carbocycles. The minimum atomic E-state index is -0.251. The second-order valence-corrected chi connectivity index (χ2v) is 12.0. The van der Waals surface area contributed by atoms with Crippen LogP contribution in [0.25, 0.3) is 0 Å². The minimum Gasteiger partial charge on any atom is -0.382 e. The molecule has 1 amide bonds. The zero-order chi connectivity index (χ0) is 26.6. The second-order valence-electron chi connectivity index (χ2n) is 10.5. The predicted octanol–water partition coefficient (Wildman–Crippen LogP) is 3.75. The third-order valence-corrected chi connectivity index (χ3v) is 9.78. The van der Waals surface area contributed by atoms with Gasteiger partial charge in [0.1, 0.15) is 10.7 Å². The molecule has 1 saturated heterocycles. The number of nitrogen functional groups attached to an aromatic ring is 1. The van der Waals surface area contributed by atoms with E-state index in [9.17, 15) is 9.59 Å². The molecule has 1 saturated carbocycles. The Morgan fingerprint density at radius 3 is 2.66 bits per heavy atom. The lowest BCUT2D eigenvalue weighted by atomic mass is 9.73. The van der Waals surface area contributed by atoms with E-state index in [1.807, 2.05) is 0 Å². The lowest BCUT2D eigenvalue weighted by Crippen LogP contribution is -2.46. The minimum absolute atomic E-state index is 0.0190. The van der Waals surface area contributed by atoms with Crippen LogP contribution in [-0.4, -0.2) is 33.5 Å². The Bertz CT molecular complexity index is 1480. The number of nitrogens with one attached hydrogen (secondary N) is 1. The first kappa shape index (κ1) is 25.2. The van der Waals surface area contributed by atoms with Crippen molar-refractivity contribution in [3.8, 4) is 0 Å². The van der Waals surface area contributed by atoms with Crippen molar-refractivity contribution in [1.82, 2.24) is 14.5 Å². The number of carbonyl (C=O) groups is 1. The molecule has 3 heterocycles. The quantitative estimate of drug-likeness (QED) is 0.437. The van der Waals surface area contributed by atoms with Crippen LogP contribution in [0.2, 0.25) is 5.02 Å². The van der Waals surface area contributed by atoms with Gasteiger partial charge >= 0.3 is 0 Å². The van der Waals surface area contributed by atoms with Crippen molar-refractivity contribution in [2.24, 2.45) is 24.1 Å². The summed E-state index contributed by atoms with van der Waals surface area (Å²) < 4.78 is 1.55. The Balaban J connectivity index is 1.20. The molecule has 0 radical (unpaired) electrons. The summed E-state index contributed by atoms with van der Waals surface area (Å²) in [6, 6.07) is 10.2. The lowest BCUT2D eigenvalue weighted by Gasteiger charge is -2.42. The SMILES string of the molecule is Cn1c(N2CCC3(CC2)Cc2ccccc2C3N)nc(N)c(Sc2ccnc(NC(=O)C3CC3)c2Cl)c1=O. The molecule has 1 atom stereocenters. The Morgan fingerprint density at radius 1 is 1.21 bits per heavy atom. The van der Waals surface area contributed by atoms with E-state index in [1.165, 1.54) is 11.1 Å². The van der Waals surface area contributed by atoms with Crippen LogP contribution < -0.4 is 27.2 Å². The molecule has 1 aliphatic heterocycles. The van der Waals surface area contributed by atoms with Gasteiger partial charge in [0, 0.05) is 43.2 Å². The molecule has 198 valence electrons. The van der Waals surface area contributed by atoms with Crippen molar-refractivity contribution in [2.45, 2.75) is 47.9 Å². The van der Waals surface area contributed by atoms with E-state index in [1.54, 1.807) is 23.9 Å². The van der Waals surface area contributed by atoms with E-state index in [-0.39, 0.29) is 50.4 Å². The monoisotopic (exact) mass is 551 g/mol. The summed E-state index contributed by atoms with van der Waals surface area (Å²) in [7, 11) is 1.71. The number of hydrogen-bond acceptors (Lipinski definition) is 8. The van der Waals surface area contributed by atoms with E-state index in [0.717, 1.165) is 57.0 Å². The van der Waals surface area contributed by atoms with E-state index in [2.05, 4.69) is 44.5 Å². The Labute approximate surface area is 230 Å². The van der Waals surface area contributed by atoms with Crippen molar-refractivity contribution >= 4 is 46.9 Å². The molecule has 38 heavy (non-hydrogen) atoms. The molecular formula is C27H30ClN7O2S. The van der Waals surface area contributed by atoms with Gasteiger partial charge in [-0.25, -0.2) is 4.98 Å². The highest BCUT2D eigenvalue weighted by Crippen LogP contribution is 2.51. The summed E-state index contributed by atoms with van der Waals surface area (Å²) >= 11 is 7.68. The van der Waals surface area contributed by atoms with Crippen molar-refractivity contribution in [3.05, 3.63) is 63.0 Å². The molecule has 0 bridgehead atoms. The average Bonchev–Trinajstić information content (AvgIpc) is 3.73. The van der Waals surface area contributed by atoms with Gasteiger partial charge in [-0.15, -0.1) is 0 Å². The normalized spacial score (nSPS) is 20.0. The van der Waals surface area contributed by atoms with Crippen LogP contribution in [0.3, 0.4) is 0 Å². The number of amides is 1. The number of benzene rings is 1. The van der Waals surface area contributed by atoms with Gasteiger partial charge in [0.2, 0.25) is 11.9 Å². The molecule has 1 unspecified atom stereocenters. The summed E-state index contributed by atoms with van der Waals surface area (Å²) in [4.78, 5) is 37.4. The lowest BCUT2D eigenvalue weighted by molar-refractivity contribution is -0.117. The number of halogens is 1. The Morgan fingerprint density at radius 2 is 1.95 bits per heavy atom. The molecule has 6 rings (SSSR count). The van der Waals surface area contributed by atoms with E-state index < -0.39 is 0 Å². The zero-order valence-electron chi connectivity index (χ0n) is 21.1. The highest BCUT2D eigenvalue weighted by molar-refractivity contribution is 7.99. The van der Waals surface area contributed by atoms with Crippen LogP contribution in [0.5, 0.6) is 0 Å². The van der Waals surface area contributed by atoms with E-state index in [4.69, 9.17) is 23.1 Å². The molecule has 5 N–H and O–H groups in total. The van der Waals surface area contributed by atoms with Crippen molar-refractivity contribution in [3.63, 3.8) is 0 Å². The first-order chi connectivity index (χ1) is 18.3. The fourth-order valence-electron chi connectivity index (χ4n) is 5.69. The van der Waals surface area contributed by atoms with Gasteiger partial charge in [-0.1, -0.05) is 47.6 Å². The van der Waals surface area contributed by atoms with E-state index >= 15 is 0 Å². The summed E-state index contributed by atoms with van der Waals surface area (Å²) in [6.45, 7) is 1.49. The van der Waals surface area contributed by atoms with Gasteiger partial charge in [-0.05, 0) is 54.7 Å². The maximum atomic E-state index is 13.4. The topological polar surface area (TPSA) is 132 Å². The number of aromatic nitrogens is 3. The largest absolute Gasteiger partial charge is 0.382 e. The highest BCUT2D eigenvalue weighted by Gasteiger charge is 2.46. The Hall–Kier alpha value is -3.08. The zero-order valence-corrected chi connectivity index (χ0v) is 22.7.